The summed E-state index contributed by atoms with van der Waals surface area (Å²) in [5.41, 5.74) is 0. The summed E-state index contributed by atoms with van der Waals surface area (Å²) in [4.78, 5) is 24.9. The highest BCUT2D eigenvalue weighted by molar-refractivity contribution is 5.84. The van der Waals surface area contributed by atoms with Crippen LogP contribution in [0, 0.1) is 11.8 Å². The summed E-state index contributed by atoms with van der Waals surface area (Å²) < 4.78 is 0. The Labute approximate surface area is 109 Å². The van der Waals surface area contributed by atoms with Gasteiger partial charge in [0.15, 0.2) is 0 Å². The second-order valence-electron chi connectivity index (χ2n) is 5.07. The van der Waals surface area contributed by atoms with E-state index in [-0.39, 0.29) is 5.91 Å². The molecule has 1 saturated carbocycles. The zero-order valence-corrected chi connectivity index (χ0v) is 11.5. The molecule has 2 N–H and O–H groups in total. The Hall–Kier alpha value is -1.10. The Balaban J connectivity index is 2.25. The van der Waals surface area contributed by atoms with Gasteiger partial charge in [-0.2, -0.15) is 0 Å². The molecule has 0 spiro atoms. The summed E-state index contributed by atoms with van der Waals surface area (Å²) in [5.74, 6) is -2.23. The quantitative estimate of drug-likeness (QED) is 0.678. The molecule has 2 unspecified atom stereocenters. The molecule has 18 heavy (non-hydrogen) atoms. The normalized spacial score (nSPS) is 18.4. The van der Waals surface area contributed by atoms with Crippen LogP contribution in [0.2, 0.25) is 0 Å². The van der Waals surface area contributed by atoms with Gasteiger partial charge in [0.05, 0.1) is 5.92 Å². The summed E-state index contributed by atoms with van der Waals surface area (Å²) in [7, 11) is 0. The van der Waals surface area contributed by atoms with Crippen LogP contribution in [0.4, 0.5) is 0 Å². The lowest BCUT2D eigenvalue weighted by Gasteiger charge is -2.21. The Morgan fingerprint density at radius 1 is 1.33 bits per heavy atom. The molecule has 5 nitrogen and oxygen atoms in total. The van der Waals surface area contributed by atoms with E-state index in [0.29, 0.717) is 12.6 Å². The van der Waals surface area contributed by atoms with Gasteiger partial charge in [-0.3, -0.25) is 14.5 Å². The minimum absolute atomic E-state index is 0.170. The Kier molecular flexibility index (Phi) is 5.59. The first-order valence-corrected chi connectivity index (χ1v) is 6.72. The third-order valence-electron chi connectivity index (χ3n) is 3.72. The highest BCUT2D eigenvalue weighted by Crippen LogP contribution is 2.25. The number of nitrogens with one attached hydrogen (secondary N) is 1. The smallest absolute Gasteiger partial charge is 0.307 e. The van der Waals surface area contributed by atoms with E-state index in [4.69, 9.17) is 5.11 Å². The predicted octanol–water partition coefficient (Wildman–Crippen LogP) is 0.944. The maximum absolute atomic E-state index is 11.8. The van der Waals surface area contributed by atoms with Crippen LogP contribution in [0.5, 0.6) is 0 Å². The highest BCUT2D eigenvalue weighted by Gasteiger charge is 2.28. The average Bonchev–Trinajstić information content (AvgIpc) is 3.16. The molecular weight excluding hydrogens is 232 g/mol. The first kappa shape index (κ1) is 15.0. The fourth-order valence-electron chi connectivity index (χ4n) is 1.96. The molecule has 0 aromatic heterocycles. The number of amides is 1. The van der Waals surface area contributed by atoms with E-state index in [9.17, 15) is 9.59 Å². The van der Waals surface area contributed by atoms with Crippen molar-refractivity contribution in [1.29, 1.82) is 0 Å². The van der Waals surface area contributed by atoms with Crippen LogP contribution in [-0.2, 0) is 9.59 Å². The van der Waals surface area contributed by atoms with Gasteiger partial charge < -0.3 is 10.4 Å². The van der Waals surface area contributed by atoms with E-state index in [0.717, 1.165) is 13.1 Å². The first-order valence-electron chi connectivity index (χ1n) is 6.72. The molecule has 0 aliphatic heterocycles. The zero-order chi connectivity index (χ0) is 13.7. The van der Waals surface area contributed by atoms with Crippen molar-refractivity contribution in [2.45, 2.75) is 39.7 Å². The minimum Gasteiger partial charge on any atom is -0.481 e. The molecule has 5 heteroatoms. The van der Waals surface area contributed by atoms with Gasteiger partial charge in [0.2, 0.25) is 5.91 Å². The van der Waals surface area contributed by atoms with E-state index in [1.165, 1.54) is 12.8 Å². The molecule has 2 atom stereocenters. The first-order chi connectivity index (χ1) is 8.47. The highest BCUT2D eigenvalue weighted by atomic mass is 16.4. The van der Waals surface area contributed by atoms with E-state index >= 15 is 0 Å². The molecule has 1 fully saturated rings. The number of rotatable bonds is 8. The van der Waals surface area contributed by atoms with E-state index < -0.39 is 17.8 Å². The molecule has 104 valence electrons. The number of carbonyl (C=O) groups excluding carboxylic acids is 1. The van der Waals surface area contributed by atoms with Gasteiger partial charge in [-0.1, -0.05) is 20.8 Å². The third kappa shape index (κ3) is 4.29. The van der Waals surface area contributed by atoms with E-state index in [1.807, 2.05) is 0 Å². The lowest BCUT2D eigenvalue weighted by molar-refractivity contribution is -0.146. The van der Waals surface area contributed by atoms with Crippen LogP contribution in [0.25, 0.3) is 0 Å². The number of aliphatic carboxylic acids is 1. The zero-order valence-electron chi connectivity index (χ0n) is 11.5. The van der Waals surface area contributed by atoms with E-state index in [1.54, 1.807) is 13.8 Å². The summed E-state index contributed by atoms with van der Waals surface area (Å²) in [6.45, 7) is 7.79. The number of carbonyl (C=O) groups is 2. The molecule has 0 bridgehead atoms. The van der Waals surface area contributed by atoms with Crippen LogP contribution in [0.15, 0.2) is 0 Å². The lowest BCUT2D eigenvalue weighted by Crippen LogP contribution is -2.40. The van der Waals surface area contributed by atoms with Crippen molar-refractivity contribution in [1.82, 2.24) is 10.2 Å². The van der Waals surface area contributed by atoms with Gasteiger partial charge in [-0.05, 0) is 19.4 Å². The number of likely N-dealkylation sites (N-methyl/N-ethyl adjacent to an activating group) is 1. The summed E-state index contributed by atoms with van der Waals surface area (Å²) >= 11 is 0. The fraction of sp³-hybridized carbons (Fsp3) is 0.846. The lowest BCUT2D eigenvalue weighted by atomic mass is 9.95. The fourth-order valence-corrected chi connectivity index (χ4v) is 1.96. The van der Waals surface area contributed by atoms with Gasteiger partial charge in [-0.25, -0.2) is 0 Å². The van der Waals surface area contributed by atoms with Crippen molar-refractivity contribution in [3.63, 3.8) is 0 Å². The molecule has 0 radical (unpaired) electrons. The minimum atomic E-state index is -0.925. The molecule has 0 heterocycles. The molecule has 1 amide bonds. The predicted molar refractivity (Wildman–Crippen MR) is 69.2 cm³/mol. The molecule has 1 rings (SSSR count). The number of hydrogen-bond donors (Lipinski definition) is 2. The summed E-state index contributed by atoms with van der Waals surface area (Å²) in [6.07, 6.45) is 2.52. The van der Waals surface area contributed by atoms with E-state index in [2.05, 4.69) is 17.1 Å². The Morgan fingerprint density at radius 2 is 1.94 bits per heavy atom. The molecule has 1 aliphatic carbocycles. The van der Waals surface area contributed by atoms with Crippen molar-refractivity contribution in [2.24, 2.45) is 11.8 Å². The second-order valence-corrected chi connectivity index (χ2v) is 5.07. The van der Waals surface area contributed by atoms with Gasteiger partial charge >= 0.3 is 5.97 Å². The van der Waals surface area contributed by atoms with Crippen molar-refractivity contribution < 1.29 is 14.7 Å². The Morgan fingerprint density at radius 3 is 2.39 bits per heavy atom. The van der Waals surface area contributed by atoms with Gasteiger partial charge in [0.1, 0.15) is 0 Å². The number of carboxylic acids is 1. The molecule has 0 saturated heterocycles. The van der Waals surface area contributed by atoms with Crippen molar-refractivity contribution in [3.05, 3.63) is 0 Å². The second kappa shape index (κ2) is 6.73. The summed E-state index contributed by atoms with van der Waals surface area (Å²) in [5, 5.41) is 11.7. The number of hydrogen-bond acceptors (Lipinski definition) is 3. The average molecular weight is 256 g/mol. The Bertz CT molecular complexity index is 303. The van der Waals surface area contributed by atoms with Crippen LogP contribution >= 0.6 is 0 Å². The van der Waals surface area contributed by atoms with Gasteiger partial charge in [0, 0.05) is 25.0 Å². The van der Waals surface area contributed by atoms with Gasteiger partial charge in [0.25, 0.3) is 0 Å². The summed E-state index contributed by atoms with van der Waals surface area (Å²) in [6, 6.07) is 0.697. The third-order valence-corrected chi connectivity index (χ3v) is 3.72. The van der Waals surface area contributed by atoms with Crippen LogP contribution in [0.1, 0.15) is 33.6 Å². The topological polar surface area (TPSA) is 69.6 Å². The molecule has 1 aliphatic rings. The standard InChI is InChI=1S/C13H24N2O3/c1-4-15(11-5-6-11)8-7-14-12(16)9(2)10(3)13(17)18/h9-11H,4-8H2,1-3H3,(H,14,16)(H,17,18). The maximum atomic E-state index is 11.8. The van der Waals surface area contributed by atoms with Crippen molar-refractivity contribution in [3.8, 4) is 0 Å². The molecule has 0 aromatic carbocycles. The van der Waals surface area contributed by atoms with Crippen molar-refractivity contribution >= 4 is 11.9 Å². The number of carboxylic acid groups (broad SMARTS) is 1. The van der Waals surface area contributed by atoms with Crippen LogP contribution in [0.3, 0.4) is 0 Å². The monoisotopic (exact) mass is 256 g/mol. The van der Waals surface area contributed by atoms with Crippen LogP contribution in [-0.4, -0.2) is 47.6 Å². The van der Waals surface area contributed by atoms with Crippen molar-refractivity contribution in [2.75, 3.05) is 19.6 Å². The molecule has 0 aromatic rings. The SMILES string of the molecule is CCN(CCNC(=O)C(C)C(C)C(=O)O)C1CC1. The number of nitrogens with zero attached hydrogens (tertiary/aromatic N) is 1. The van der Waals surface area contributed by atoms with Gasteiger partial charge in [-0.15, -0.1) is 0 Å². The maximum Gasteiger partial charge on any atom is 0.307 e. The van der Waals surface area contributed by atoms with Crippen LogP contribution < -0.4 is 5.32 Å². The largest absolute Gasteiger partial charge is 0.481 e. The molecular formula is C13H24N2O3.